The number of nitrogens with zero attached hydrogens (tertiary/aromatic N) is 3. The van der Waals surface area contributed by atoms with E-state index in [-0.39, 0.29) is 11.9 Å². The third-order valence-corrected chi connectivity index (χ3v) is 4.84. The number of aryl methyl sites for hydroxylation is 1. The van der Waals surface area contributed by atoms with E-state index in [1.54, 1.807) is 12.3 Å². The van der Waals surface area contributed by atoms with Crippen molar-refractivity contribution >= 4 is 0 Å². The first-order valence-electron chi connectivity index (χ1n) is 8.67. The summed E-state index contributed by atoms with van der Waals surface area (Å²) in [6.45, 7) is 3.43. The summed E-state index contributed by atoms with van der Waals surface area (Å²) in [5.41, 5.74) is 3.53. The van der Waals surface area contributed by atoms with E-state index in [9.17, 15) is 4.39 Å². The summed E-state index contributed by atoms with van der Waals surface area (Å²) in [6.07, 6.45) is 5.06. The molecule has 130 valence electrons. The first kappa shape index (κ1) is 16.0. The number of benzene rings is 1. The van der Waals surface area contributed by atoms with Crippen molar-refractivity contribution in [1.82, 2.24) is 20.3 Å². The molecule has 0 radical (unpaired) electrons. The lowest BCUT2D eigenvalue weighted by Crippen LogP contribution is -2.33. The number of hydrogen-bond donors (Lipinski definition) is 1. The smallest absolute Gasteiger partial charge is 0.170 e. The van der Waals surface area contributed by atoms with Crippen LogP contribution in [0.3, 0.4) is 0 Å². The fraction of sp³-hybridized carbons (Fsp3) is 0.368. The van der Waals surface area contributed by atoms with E-state index in [0.29, 0.717) is 6.54 Å². The Hall–Kier alpha value is -2.47. The van der Waals surface area contributed by atoms with E-state index < -0.39 is 0 Å². The van der Waals surface area contributed by atoms with E-state index in [0.717, 1.165) is 54.1 Å². The molecule has 3 aromatic rings. The zero-order valence-corrected chi connectivity index (χ0v) is 14.2. The predicted molar refractivity (Wildman–Crippen MR) is 92.2 cm³/mol. The Bertz CT molecular complexity index is 856. The van der Waals surface area contributed by atoms with Crippen molar-refractivity contribution in [3.8, 4) is 11.3 Å². The van der Waals surface area contributed by atoms with E-state index in [4.69, 9.17) is 4.52 Å². The molecule has 1 N–H and O–H groups in total. The number of H-pyrrole nitrogens is 1. The minimum Gasteiger partial charge on any atom is -0.356 e. The van der Waals surface area contributed by atoms with Gasteiger partial charge in [-0.05, 0) is 32.4 Å². The van der Waals surface area contributed by atoms with Gasteiger partial charge in [-0.2, -0.15) is 5.10 Å². The number of piperidine rings is 1. The molecule has 1 aliphatic heterocycles. The summed E-state index contributed by atoms with van der Waals surface area (Å²) in [5, 5.41) is 11.3. The maximum Gasteiger partial charge on any atom is 0.170 e. The molecule has 1 aromatic carbocycles. The van der Waals surface area contributed by atoms with Gasteiger partial charge in [0.25, 0.3) is 0 Å². The molecule has 3 heterocycles. The third-order valence-electron chi connectivity index (χ3n) is 4.84. The Kier molecular flexibility index (Phi) is 4.36. The van der Waals surface area contributed by atoms with Crippen molar-refractivity contribution in [2.45, 2.75) is 38.8 Å². The molecule has 0 amide bonds. The molecule has 1 aliphatic rings. The second kappa shape index (κ2) is 6.80. The Balaban J connectivity index is 1.64. The van der Waals surface area contributed by atoms with Crippen LogP contribution in [0.4, 0.5) is 4.39 Å². The van der Waals surface area contributed by atoms with Crippen molar-refractivity contribution in [3.05, 3.63) is 59.3 Å². The Morgan fingerprint density at radius 1 is 1.32 bits per heavy atom. The third kappa shape index (κ3) is 3.22. The van der Waals surface area contributed by atoms with Crippen LogP contribution in [0.5, 0.6) is 0 Å². The summed E-state index contributed by atoms with van der Waals surface area (Å²) < 4.78 is 19.5. The summed E-state index contributed by atoms with van der Waals surface area (Å²) in [6, 6.07) is 9.07. The van der Waals surface area contributed by atoms with Crippen LogP contribution in [0.15, 0.2) is 41.1 Å². The summed E-state index contributed by atoms with van der Waals surface area (Å²) in [4.78, 5) is 2.32. The van der Waals surface area contributed by atoms with Crippen molar-refractivity contribution in [2.75, 3.05) is 6.54 Å². The molecule has 25 heavy (non-hydrogen) atoms. The largest absolute Gasteiger partial charge is 0.356 e. The number of hydrogen-bond acceptors (Lipinski definition) is 4. The molecule has 0 bridgehead atoms. The van der Waals surface area contributed by atoms with Gasteiger partial charge in [0, 0.05) is 18.2 Å². The Morgan fingerprint density at radius 2 is 2.20 bits per heavy atom. The fourth-order valence-corrected chi connectivity index (χ4v) is 3.59. The normalized spacial score (nSPS) is 18.6. The van der Waals surface area contributed by atoms with E-state index in [1.807, 2.05) is 25.1 Å². The highest BCUT2D eigenvalue weighted by Gasteiger charge is 2.29. The molecule has 5 nitrogen and oxygen atoms in total. The molecule has 0 spiro atoms. The topological polar surface area (TPSA) is 58.0 Å². The van der Waals surface area contributed by atoms with Gasteiger partial charge in [0.05, 0.1) is 29.2 Å². The lowest BCUT2D eigenvalue weighted by molar-refractivity contribution is 0.136. The predicted octanol–water partition coefficient (Wildman–Crippen LogP) is 4.24. The average molecular weight is 340 g/mol. The molecule has 0 saturated carbocycles. The second-order valence-corrected chi connectivity index (χ2v) is 6.60. The number of aromatic amines is 1. The van der Waals surface area contributed by atoms with Crippen molar-refractivity contribution in [2.24, 2.45) is 0 Å². The van der Waals surface area contributed by atoms with Crippen molar-refractivity contribution in [3.63, 3.8) is 0 Å². The monoisotopic (exact) mass is 340 g/mol. The number of nitrogens with one attached hydrogen (secondary N) is 1. The lowest BCUT2D eigenvalue weighted by Gasteiger charge is -2.35. The summed E-state index contributed by atoms with van der Waals surface area (Å²) in [5.74, 6) is 0.570. The standard InChI is InChI=1S/C19H21FN4O/c1-13-10-18(25-23-13)15-11-21-22-19(15)17-8-4-5-9-24(17)12-14-6-2-3-7-16(14)20/h2-3,6-7,10-11,17H,4-5,8-9,12H2,1H3,(H,21,22)/t17-/m1/s1. The van der Waals surface area contributed by atoms with Gasteiger partial charge in [0.1, 0.15) is 5.82 Å². The van der Waals surface area contributed by atoms with Crippen LogP contribution in [0.2, 0.25) is 0 Å². The van der Waals surface area contributed by atoms with Gasteiger partial charge in [-0.15, -0.1) is 0 Å². The maximum absolute atomic E-state index is 14.1. The SMILES string of the molecule is Cc1cc(-c2cn[nH]c2[C@H]2CCCCN2Cc2ccccc2F)on1. The molecule has 6 heteroatoms. The Labute approximate surface area is 145 Å². The number of likely N-dealkylation sites (tertiary alicyclic amines) is 1. The van der Waals surface area contributed by atoms with Crippen molar-refractivity contribution in [1.29, 1.82) is 0 Å². The highest BCUT2D eigenvalue weighted by molar-refractivity contribution is 5.60. The van der Waals surface area contributed by atoms with Gasteiger partial charge in [0.15, 0.2) is 5.76 Å². The molecule has 0 unspecified atom stereocenters. The molecular weight excluding hydrogens is 319 g/mol. The van der Waals surface area contributed by atoms with Gasteiger partial charge in [0.2, 0.25) is 0 Å². The van der Waals surface area contributed by atoms with Crippen LogP contribution in [0.25, 0.3) is 11.3 Å². The maximum atomic E-state index is 14.1. The quantitative estimate of drug-likeness (QED) is 0.772. The second-order valence-electron chi connectivity index (χ2n) is 6.60. The zero-order chi connectivity index (χ0) is 17.2. The van der Waals surface area contributed by atoms with Crippen LogP contribution in [0.1, 0.15) is 42.3 Å². The van der Waals surface area contributed by atoms with E-state index in [1.165, 1.54) is 6.07 Å². The number of halogens is 1. The first-order chi connectivity index (χ1) is 12.2. The molecule has 1 atom stereocenters. The van der Waals surface area contributed by atoms with Crippen LogP contribution in [-0.2, 0) is 6.54 Å². The van der Waals surface area contributed by atoms with Crippen LogP contribution >= 0.6 is 0 Å². The van der Waals surface area contributed by atoms with Gasteiger partial charge in [-0.25, -0.2) is 4.39 Å². The molecule has 1 fully saturated rings. The van der Waals surface area contributed by atoms with Gasteiger partial charge in [-0.3, -0.25) is 10.00 Å². The van der Waals surface area contributed by atoms with Crippen LogP contribution in [0, 0.1) is 12.7 Å². The molecule has 4 rings (SSSR count). The minimum absolute atomic E-state index is 0.150. The fourth-order valence-electron chi connectivity index (χ4n) is 3.59. The van der Waals surface area contributed by atoms with Crippen LogP contribution in [-0.4, -0.2) is 26.8 Å². The first-order valence-corrected chi connectivity index (χ1v) is 8.67. The average Bonchev–Trinajstić information content (AvgIpc) is 3.26. The molecule has 1 saturated heterocycles. The number of aromatic nitrogens is 3. The lowest BCUT2D eigenvalue weighted by atomic mass is 9.95. The molecular formula is C19H21FN4O. The summed E-state index contributed by atoms with van der Waals surface area (Å²) in [7, 11) is 0. The summed E-state index contributed by atoms with van der Waals surface area (Å²) >= 11 is 0. The van der Waals surface area contributed by atoms with Gasteiger partial charge < -0.3 is 4.52 Å². The number of rotatable bonds is 4. The molecule has 2 aromatic heterocycles. The van der Waals surface area contributed by atoms with Crippen molar-refractivity contribution < 1.29 is 8.91 Å². The van der Waals surface area contributed by atoms with Crippen LogP contribution < -0.4 is 0 Å². The minimum atomic E-state index is -0.150. The highest BCUT2D eigenvalue weighted by Crippen LogP contribution is 2.36. The molecule has 0 aliphatic carbocycles. The van der Waals surface area contributed by atoms with E-state index in [2.05, 4.69) is 20.3 Å². The highest BCUT2D eigenvalue weighted by atomic mass is 19.1. The van der Waals surface area contributed by atoms with E-state index >= 15 is 0 Å². The van der Waals surface area contributed by atoms with Gasteiger partial charge in [-0.1, -0.05) is 29.8 Å². The zero-order valence-electron chi connectivity index (χ0n) is 14.2. The van der Waals surface area contributed by atoms with Gasteiger partial charge >= 0.3 is 0 Å². The Morgan fingerprint density at radius 3 is 3.00 bits per heavy atom.